The number of nitrogens with one attached hydrogen (secondary N) is 1. The van der Waals surface area contributed by atoms with Crippen molar-refractivity contribution in [3.8, 4) is 0 Å². The first-order valence-corrected chi connectivity index (χ1v) is 5.87. The van der Waals surface area contributed by atoms with E-state index in [4.69, 9.17) is 5.73 Å². The van der Waals surface area contributed by atoms with Gasteiger partial charge < -0.3 is 16.0 Å². The zero-order chi connectivity index (χ0) is 12.4. The second kappa shape index (κ2) is 4.75. The number of hydrogen-bond acceptors (Lipinski definition) is 3. The molecule has 1 aliphatic rings. The maximum atomic E-state index is 11.8. The molecule has 0 aromatic heterocycles. The van der Waals surface area contributed by atoms with E-state index in [1.54, 1.807) is 7.05 Å². The quantitative estimate of drug-likeness (QED) is 0.738. The first-order valence-electron chi connectivity index (χ1n) is 5.87. The van der Waals surface area contributed by atoms with Crippen LogP contribution in [0.5, 0.6) is 0 Å². The van der Waals surface area contributed by atoms with Crippen LogP contribution in [0.25, 0.3) is 0 Å². The van der Waals surface area contributed by atoms with Crippen LogP contribution in [0, 0.1) is 5.92 Å². The first-order chi connectivity index (χ1) is 8.11. The lowest BCUT2D eigenvalue weighted by atomic mass is 9.88. The van der Waals surface area contributed by atoms with Crippen molar-refractivity contribution in [1.82, 2.24) is 10.2 Å². The Morgan fingerprint density at radius 1 is 1.35 bits per heavy atom. The average molecular weight is 233 g/mol. The number of rotatable bonds is 2. The molecule has 4 heteroatoms. The molecule has 1 saturated heterocycles. The lowest BCUT2D eigenvalue weighted by Gasteiger charge is -2.17. The van der Waals surface area contributed by atoms with E-state index in [9.17, 15) is 4.79 Å². The molecule has 1 aliphatic heterocycles. The highest BCUT2D eigenvalue weighted by Crippen LogP contribution is 2.32. The van der Waals surface area contributed by atoms with Crippen molar-refractivity contribution in [2.45, 2.75) is 5.92 Å². The lowest BCUT2D eigenvalue weighted by molar-refractivity contribution is -0.124. The van der Waals surface area contributed by atoms with Gasteiger partial charge in [0.25, 0.3) is 0 Å². The standard InChI is InChI=1S/C13H19N3O/c1-15-13(17)12-8-16(2)7-11(12)9-3-5-10(14)6-4-9/h3-6,11-12H,7-8,14H2,1-2H3,(H,15,17)/t11-,12+/m1/s1. The zero-order valence-electron chi connectivity index (χ0n) is 10.3. The molecule has 0 spiro atoms. The molecule has 2 atom stereocenters. The van der Waals surface area contributed by atoms with Gasteiger partial charge >= 0.3 is 0 Å². The molecule has 1 heterocycles. The topological polar surface area (TPSA) is 58.4 Å². The van der Waals surface area contributed by atoms with E-state index in [0.29, 0.717) is 0 Å². The Bertz CT molecular complexity index is 402. The molecule has 4 nitrogen and oxygen atoms in total. The summed E-state index contributed by atoms with van der Waals surface area (Å²) in [5.74, 6) is 0.422. The molecule has 1 fully saturated rings. The van der Waals surface area contributed by atoms with Gasteiger partial charge in [0.15, 0.2) is 0 Å². The Hall–Kier alpha value is -1.55. The zero-order valence-corrected chi connectivity index (χ0v) is 10.3. The summed E-state index contributed by atoms with van der Waals surface area (Å²) >= 11 is 0. The third-order valence-corrected chi connectivity index (χ3v) is 3.45. The summed E-state index contributed by atoms with van der Waals surface area (Å²) < 4.78 is 0. The summed E-state index contributed by atoms with van der Waals surface area (Å²) in [6, 6.07) is 7.84. The van der Waals surface area contributed by atoms with Crippen LogP contribution in [0.2, 0.25) is 0 Å². The van der Waals surface area contributed by atoms with Crippen LogP contribution in [-0.2, 0) is 4.79 Å². The Labute approximate surface area is 102 Å². The molecule has 1 amide bonds. The second-order valence-electron chi connectivity index (χ2n) is 4.72. The van der Waals surface area contributed by atoms with Crippen molar-refractivity contribution < 1.29 is 4.79 Å². The fourth-order valence-electron chi connectivity index (χ4n) is 2.53. The highest BCUT2D eigenvalue weighted by Gasteiger charge is 2.36. The molecule has 0 radical (unpaired) electrons. The third kappa shape index (κ3) is 2.42. The molecule has 17 heavy (non-hydrogen) atoms. The van der Waals surface area contributed by atoms with Gasteiger partial charge in [-0.15, -0.1) is 0 Å². The van der Waals surface area contributed by atoms with E-state index in [1.165, 1.54) is 5.56 Å². The Balaban J connectivity index is 2.23. The average Bonchev–Trinajstić information content (AvgIpc) is 2.71. The van der Waals surface area contributed by atoms with Crippen LogP contribution in [0.1, 0.15) is 11.5 Å². The minimum absolute atomic E-state index is 0.0358. The van der Waals surface area contributed by atoms with E-state index >= 15 is 0 Å². The number of hydrogen-bond donors (Lipinski definition) is 2. The van der Waals surface area contributed by atoms with E-state index in [-0.39, 0.29) is 17.7 Å². The number of carbonyl (C=O) groups is 1. The monoisotopic (exact) mass is 233 g/mol. The molecule has 0 aliphatic carbocycles. The van der Waals surface area contributed by atoms with Gasteiger partial charge in [0, 0.05) is 31.7 Å². The predicted molar refractivity (Wildman–Crippen MR) is 68.6 cm³/mol. The van der Waals surface area contributed by atoms with E-state index in [1.807, 2.05) is 31.3 Å². The van der Waals surface area contributed by atoms with Crippen molar-refractivity contribution in [2.75, 3.05) is 32.9 Å². The third-order valence-electron chi connectivity index (χ3n) is 3.45. The summed E-state index contributed by atoms with van der Waals surface area (Å²) in [5, 5.41) is 2.75. The van der Waals surface area contributed by atoms with Gasteiger partial charge in [0.2, 0.25) is 5.91 Å². The lowest BCUT2D eigenvalue weighted by Crippen LogP contribution is -2.31. The van der Waals surface area contributed by atoms with Crippen molar-refractivity contribution in [3.05, 3.63) is 29.8 Å². The van der Waals surface area contributed by atoms with Crippen molar-refractivity contribution in [3.63, 3.8) is 0 Å². The number of amides is 1. The molecule has 92 valence electrons. The number of carbonyl (C=O) groups excluding carboxylic acids is 1. The molecule has 2 rings (SSSR count). The molecular formula is C13H19N3O. The van der Waals surface area contributed by atoms with Crippen molar-refractivity contribution in [1.29, 1.82) is 0 Å². The highest BCUT2D eigenvalue weighted by molar-refractivity contribution is 5.80. The SMILES string of the molecule is CNC(=O)[C@H]1CN(C)C[C@@H]1c1ccc(N)cc1. The van der Waals surface area contributed by atoms with Gasteiger partial charge in [0.1, 0.15) is 0 Å². The maximum absolute atomic E-state index is 11.8. The first kappa shape index (κ1) is 11.9. The van der Waals surface area contributed by atoms with Crippen molar-refractivity contribution >= 4 is 11.6 Å². The number of nitrogen functional groups attached to an aromatic ring is 1. The predicted octanol–water partition coefficient (Wildman–Crippen LogP) is 0.660. The number of likely N-dealkylation sites (tertiary alicyclic amines) is 1. The maximum Gasteiger partial charge on any atom is 0.224 e. The molecule has 0 bridgehead atoms. The van der Waals surface area contributed by atoms with Gasteiger partial charge in [-0.2, -0.15) is 0 Å². The summed E-state index contributed by atoms with van der Waals surface area (Å²) in [6.45, 7) is 1.73. The van der Waals surface area contributed by atoms with Gasteiger partial charge in [-0.3, -0.25) is 4.79 Å². The minimum Gasteiger partial charge on any atom is -0.399 e. The number of benzene rings is 1. The number of nitrogens with two attached hydrogens (primary N) is 1. The number of likely N-dealkylation sites (N-methyl/N-ethyl adjacent to an activating group) is 1. The minimum atomic E-state index is 0.0358. The van der Waals surface area contributed by atoms with Crippen LogP contribution < -0.4 is 11.1 Å². The Kier molecular flexibility index (Phi) is 3.33. The summed E-state index contributed by atoms with van der Waals surface area (Å²) in [7, 11) is 3.74. The fraction of sp³-hybridized carbons (Fsp3) is 0.462. The van der Waals surface area contributed by atoms with Crippen LogP contribution in [-0.4, -0.2) is 38.0 Å². The highest BCUT2D eigenvalue weighted by atomic mass is 16.1. The van der Waals surface area contributed by atoms with Crippen LogP contribution in [0.3, 0.4) is 0 Å². The Morgan fingerprint density at radius 3 is 2.59 bits per heavy atom. The number of anilines is 1. The van der Waals surface area contributed by atoms with Gasteiger partial charge in [-0.1, -0.05) is 12.1 Å². The molecule has 3 N–H and O–H groups in total. The van der Waals surface area contributed by atoms with Crippen molar-refractivity contribution in [2.24, 2.45) is 5.92 Å². The second-order valence-corrected chi connectivity index (χ2v) is 4.72. The van der Waals surface area contributed by atoms with Crippen LogP contribution >= 0.6 is 0 Å². The van der Waals surface area contributed by atoms with Crippen LogP contribution in [0.15, 0.2) is 24.3 Å². The van der Waals surface area contributed by atoms with Gasteiger partial charge in [-0.05, 0) is 24.7 Å². The molecular weight excluding hydrogens is 214 g/mol. The molecule has 1 aromatic carbocycles. The van der Waals surface area contributed by atoms with Crippen LogP contribution in [0.4, 0.5) is 5.69 Å². The summed E-state index contributed by atoms with van der Waals surface area (Å²) in [5.41, 5.74) is 7.64. The molecule has 0 saturated carbocycles. The van der Waals surface area contributed by atoms with Gasteiger partial charge in [-0.25, -0.2) is 0 Å². The molecule has 0 unspecified atom stereocenters. The molecule has 1 aromatic rings. The van der Waals surface area contributed by atoms with E-state index < -0.39 is 0 Å². The smallest absolute Gasteiger partial charge is 0.224 e. The van der Waals surface area contributed by atoms with Gasteiger partial charge in [0.05, 0.1) is 5.92 Å². The summed E-state index contributed by atoms with van der Waals surface area (Å²) in [4.78, 5) is 14.0. The Morgan fingerprint density at radius 2 is 2.00 bits per heavy atom. The largest absolute Gasteiger partial charge is 0.399 e. The fourth-order valence-corrected chi connectivity index (χ4v) is 2.53. The number of nitrogens with zero attached hydrogens (tertiary/aromatic N) is 1. The summed E-state index contributed by atoms with van der Waals surface area (Å²) in [6.07, 6.45) is 0. The normalized spacial score (nSPS) is 24.8. The van der Waals surface area contributed by atoms with E-state index in [2.05, 4.69) is 10.2 Å². The van der Waals surface area contributed by atoms with E-state index in [0.717, 1.165) is 18.8 Å².